The molecule has 0 atom stereocenters. The Hall–Kier alpha value is -0.860. The first-order valence-corrected chi connectivity index (χ1v) is 10.1. The van der Waals surface area contributed by atoms with E-state index in [9.17, 15) is 65.9 Å². The Morgan fingerprint density at radius 1 is 0.636 bits per heavy atom. The van der Waals surface area contributed by atoms with Gasteiger partial charge in [0, 0.05) is 25.0 Å². The fourth-order valence-corrected chi connectivity index (χ4v) is 2.09. The Kier molecular flexibility index (Phi) is 16.1. The highest BCUT2D eigenvalue weighted by atomic mass is 32.2. The smallest absolute Gasteiger partial charge is 0.305 e. The molecule has 33 heavy (non-hydrogen) atoms. The van der Waals surface area contributed by atoms with Crippen molar-refractivity contribution in [1.82, 2.24) is 0 Å². The van der Waals surface area contributed by atoms with Crippen LogP contribution in [0.3, 0.4) is 0 Å². The summed E-state index contributed by atoms with van der Waals surface area (Å²) in [5.41, 5.74) is 0. The van der Waals surface area contributed by atoms with Crippen LogP contribution < -0.4 is 0 Å². The van der Waals surface area contributed by atoms with E-state index in [0.717, 1.165) is 11.8 Å². The van der Waals surface area contributed by atoms with Gasteiger partial charge in [-0.15, -0.1) is 0 Å². The first kappa shape index (κ1) is 36.7. The minimum atomic E-state index is -5.48. The quantitative estimate of drug-likeness (QED) is 0.135. The summed E-state index contributed by atoms with van der Waals surface area (Å²) in [5.74, 6) is -14.7. The highest BCUT2D eigenvalue weighted by Crippen LogP contribution is 2.40. The lowest BCUT2D eigenvalue weighted by molar-refractivity contribution is -0.284. The molecule has 0 aliphatic carbocycles. The molecule has 0 aromatic heterocycles. The predicted octanol–water partition coefficient (Wildman–Crippen LogP) is 8.67. The summed E-state index contributed by atoms with van der Waals surface area (Å²) in [4.78, 5) is 2.80. The van der Waals surface area contributed by atoms with E-state index in [4.69, 9.17) is 6.57 Å². The molecule has 0 aromatic carbocycles. The van der Waals surface area contributed by atoms with Gasteiger partial charge in [-0.3, -0.25) is 0 Å². The zero-order chi connectivity index (χ0) is 27.4. The molecule has 0 aliphatic rings. The van der Waals surface area contributed by atoms with Crippen LogP contribution in [-0.2, 0) is 0 Å². The molecule has 200 valence electrons. The van der Waals surface area contributed by atoms with E-state index in [0.29, 0.717) is 0 Å². The van der Waals surface area contributed by atoms with Gasteiger partial charge in [-0.2, -0.15) is 78.5 Å². The van der Waals surface area contributed by atoms with Crippen LogP contribution in [0.2, 0.25) is 0 Å². The van der Waals surface area contributed by atoms with Gasteiger partial charge in [0.2, 0.25) is 0 Å². The van der Waals surface area contributed by atoms with Crippen molar-refractivity contribution in [2.24, 2.45) is 0 Å². The molecular weight excluding hydrogens is 543 g/mol. The lowest BCUT2D eigenvalue weighted by atomic mass is 10.2. The number of hydrogen-bond donors (Lipinski definition) is 1. The van der Waals surface area contributed by atoms with Gasteiger partial charge in [-0.1, -0.05) is 25.1 Å². The molecule has 0 amide bonds. The van der Waals surface area contributed by atoms with Crippen molar-refractivity contribution in [3.05, 3.63) is 11.4 Å². The zero-order valence-electron chi connectivity index (χ0n) is 16.4. The average Bonchev–Trinajstić information content (AvgIpc) is 2.57. The molecule has 0 radical (unpaired) electrons. The van der Waals surface area contributed by atoms with Crippen molar-refractivity contribution < 1.29 is 65.9 Å². The van der Waals surface area contributed by atoms with Crippen LogP contribution in [0, 0.1) is 6.57 Å². The standard InChI is InChI=1S/C6H6F5NS.C5H7F5.C4H5F5S/c1-12-4-13-3-2-5(7,8)6(9,10)11;1-2-3-4(6,7)5(8,9)10;5-3(6,1-2-10)4(7,8)9/h2-4H2;2-3H2,1H3;10H,1-2H2. The highest BCUT2D eigenvalue weighted by Gasteiger charge is 2.57. The zero-order valence-corrected chi connectivity index (χ0v) is 18.1. The summed E-state index contributed by atoms with van der Waals surface area (Å²) < 4.78 is 173. The van der Waals surface area contributed by atoms with Gasteiger partial charge in [0.05, 0.1) is 0 Å². The van der Waals surface area contributed by atoms with Gasteiger partial charge in [0.15, 0.2) is 0 Å². The summed E-state index contributed by atoms with van der Waals surface area (Å²) in [7, 11) is 0. The lowest BCUT2D eigenvalue weighted by Crippen LogP contribution is -2.36. The third kappa shape index (κ3) is 15.6. The maximum absolute atomic E-state index is 12.1. The second kappa shape index (κ2) is 14.5. The van der Waals surface area contributed by atoms with Gasteiger partial charge < -0.3 is 4.85 Å². The van der Waals surface area contributed by atoms with Crippen molar-refractivity contribution in [3.63, 3.8) is 0 Å². The van der Waals surface area contributed by atoms with Gasteiger partial charge in [0.25, 0.3) is 5.88 Å². The van der Waals surface area contributed by atoms with Crippen molar-refractivity contribution in [3.8, 4) is 0 Å². The summed E-state index contributed by atoms with van der Waals surface area (Å²) in [6.45, 7) is 7.53. The Morgan fingerprint density at radius 3 is 1.18 bits per heavy atom. The molecule has 0 fully saturated rings. The van der Waals surface area contributed by atoms with E-state index in [-0.39, 0.29) is 18.1 Å². The van der Waals surface area contributed by atoms with E-state index in [1.54, 1.807) is 0 Å². The van der Waals surface area contributed by atoms with Gasteiger partial charge in [-0.05, 0) is 5.75 Å². The number of nitrogens with zero attached hydrogens (tertiary/aromatic N) is 1. The summed E-state index contributed by atoms with van der Waals surface area (Å²) in [6, 6.07) is 0. The Morgan fingerprint density at radius 2 is 0.970 bits per heavy atom. The second-order valence-corrected chi connectivity index (χ2v) is 7.30. The summed E-state index contributed by atoms with van der Waals surface area (Å²) >= 11 is 4.03. The van der Waals surface area contributed by atoms with Crippen molar-refractivity contribution >= 4 is 24.4 Å². The van der Waals surface area contributed by atoms with Gasteiger partial charge in [-0.25, -0.2) is 6.57 Å². The number of alkyl halides is 15. The van der Waals surface area contributed by atoms with Gasteiger partial charge in [0.1, 0.15) is 0 Å². The number of halogens is 15. The van der Waals surface area contributed by atoms with Crippen LogP contribution >= 0.6 is 24.4 Å². The number of hydrogen-bond acceptors (Lipinski definition) is 2. The Balaban J connectivity index is -0.000000415. The molecule has 0 rings (SSSR count). The van der Waals surface area contributed by atoms with Gasteiger partial charge >= 0.3 is 36.3 Å². The van der Waals surface area contributed by atoms with Crippen LogP contribution in [-0.4, -0.2) is 53.7 Å². The van der Waals surface area contributed by atoms with E-state index in [1.165, 1.54) is 6.92 Å². The van der Waals surface area contributed by atoms with Crippen LogP contribution in [0.4, 0.5) is 65.9 Å². The fourth-order valence-electron chi connectivity index (χ4n) is 1.19. The molecule has 0 aromatic rings. The molecule has 0 N–H and O–H groups in total. The molecule has 0 saturated carbocycles. The monoisotopic (exact) mass is 561 g/mol. The number of rotatable bonds is 8. The van der Waals surface area contributed by atoms with Crippen LogP contribution in [0.15, 0.2) is 0 Å². The van der Waals surface area contributed by atoms with E-state index >= 15 is 0 Å². The number of thiol groups is 1. The first-order chi connectivity index (χ1) is 14.4. The maximum atomic E-state index is 12.1. The number of thioether (sulfide) groups is 1. The minimum absolute atomic E-state index is 0.0893. The maximum Gasteiger partial charge on any atom is 0.453 e. The molecule has 0 saturated heterocycles. The summed E-state index contributed by atoms with van der Waals surface area (Å²) in [6.07, 6.45) is -20.1. The molecule has 0 aliphatic heterocycles. The second-order valence-electron chi connectivity index (χ2n) is 5.78. The molecule has 0 unspecified atom stereocenters. The molecule has 18 heteroatoms. The Labute approximate surface area is 188 Å². The van der Waals surface area contributed by atoms with Crippen molar-refractivity contribution in [2.45, 2.75) is 68.9 Å². The normalized spacial score (nSPS) is 13.3. The molecule has 0 spiro atoms. The topological polar surface area (TPSA) is 4.36 Å². The van der Waals surface area contributed by atoms with E-state index in [1.807, 2.05) is 0 Å². The van der Waals surface area contributed by atoms with Crippen LogP contribution in [0.5, 0.6) is 0 Å². The first-order valence-electron chi connectivity index (χ1n) is 8.29. The molecule has 0 bridgehead atoms. The van der Waals surface area contributed by atoms with E-state index < -0.39 is 61.3 Å². The molecule has 0 heterocycles. The fraction of sp³-hybridized carbons (Fsp3) is 0.933. The van der Waals surface area contributed by atoms with Crippen LogP contribution in [0.25, 0.3) is 4.85 Å². The van der Waals surface area contributed by atoms with Crippen molar-refractivity contribution in [2.75, 3.05) is 17.4 Å². The van der Waals surface area contributed by atoms with E-state index in [2.05, 4.69) is 17.5 Å². The molecule has 1 nitrogen and oxygen atoms in total. The summed E-state index contributed by atoms with van der Waals surface area (Å²) in [5, 5.41) is 0. The third-order valence-corrected chi connectivity index (χ3v) is 3.98. The Bertz CT molecular complexity index is 534. The van der Waals surface area contributed by atoms with Crippen LogP contribution in [0.1, 0.15) is 32.6 Å². The average molecular weight is 561 g/mol. The lowest BCUT2D eigenvalue weighted by Gasteiger charge is -2.18. The highest BCUT2D eigenvalue weighted by molar-refractivity contribution is 7.99. The van der Waals surface area contributed by atoms with Crippen molar-refractivity contribution in [1.29, 1.82) is 0 Å². The minimum Gasteiger partial charge on any atom is -0.305 e. The third-order valence-electron chi connectivity index (χ3n) is 2.95. The molecular formula is C15H18F15NS2. The SMILES string of the molecule is CCCC(F)(F)C(F)(F)F.FC(F)(F)C(F)(F)CCS.[C-]#[N+]CSCCC(F)(F)C(F)(F)F. The predicted molar refractivity (Wildman–Crippen MR) is 94.9 cm³/mol. The largest absolute Gasteiger partial charge is 0.453 e.